The first-order chi connectivity index (χ1) is 7.54. The van der Waals surface area contributed by atoms with Gasteiger partial charge in [0, 0.05) is 17.5 Å². The molecule has 16 heavy (non-hydrogen) atoms. The monoisotopic (exact) mass is 241 g/mol. The molecule has 88 valence electrons. The summed E-state index contributed by atoms with van der Waals surface area (Å²) >= 11 is 6.23. The van der Waals surface area contributed by atoms with E-state index in [1.54, 1.807) is 12.1 Å². The maximum Gasteiger partial charge on any atom is 0.269 e. The fraction of sp³-hybridized carbons (Fsp3) is 0.500. The van der Waals surface area contributed by atoms with Gasteiger partial charge in [-0.1, -0.05) is 32.4 Å². The van der Waals surface area contributed by atoms with E-state index >= 15 is 0 Å². The predicted octanol–water partition coefficient (Wildman–Crippen LogP) is 3.79. The van der Waals surface area contributed by atoms with Gasteiger partial charge in [0.2, 0.25) is 0 Å². The SMILES string of the molecule is CCC(C)C(Cl)Cc1ccc([N+](=O)[O-])cc1. The van der Waals surface area contributed by atoms with Crippen LogP contribution in [0, 0.1) is 16.0 Å². The zero-order valence-corrected chi connectivity index (χ0v) is 10.3. The minimum atomic E-state index is -0.392. The van der Waals surface area contributed by atoms with Gasteiger partial charge in [-0.25, -0.2) is 0 Å². The molecule has 0 saturated heterocycles. The maximum atomic E-state index is 10.5. The minimum absolute atomic E-state index is 0.0893. The first-order valence-corrected chi connectivity index (χ1v) is 5.85. The Morgan fingerprint density at radius 2 is 1.94 bits per heavy atom. The summed E-state index contributed by atoms with van der Waals surface area (Å²) < 4.78 is 0. The van der Waals surface area contributed by atoms with Gasteiger partial charge in [0.05, 0.1) is 4.92 Å². The topological polar surface area (TPSA) is 43.1 Å². The van der Waals surface area contributed by atoms with E-state index in [0.29, 0.717) is 5.92 Å². The number of non-ortho nitro benzene ring substituents is 1. The van der Waals surface area contributed by atoms with Crippen LogP contribution in [0.3, 0.4) is 0 Å². The largest absolute Gasteiger partial charge is 0.269 e. The van der Waals surface area contributed by atoms with Gasteiger partial charge in [-0.2, -0.15) is 0 Å². The van der Waals surface area contributed by atoms with Crippen molar-refractivity contribution in [3.05, 3.63) is 39.9 Å². The molecule has 0 amide bonds. The van der Waals surface area contributed by atoms with E-state index in [-0.39, 0.29) is 11.1 Å². The fourth-order valence-corrected chi connectivity index (χ4v) is 1.79. The molecule has 0 aliphatic carbocycles. The highest BCUT2D eigenvalue weighted by Crippen LogP contribution is 2.20. The smallest absolute Gasteiger partial charge is 0.258 e. The van der Waals surface area contributed by atoms with Gasteiger partial charge in [0.25, 0.3) is 5.69 Å². The molecule has 0 saturated carbocycles. The molecular formula is C12H16ClNO2. The highest BCUT2D eigenvalue weighted by Gasteiger charge is 2.13. The number of rotatable bonds is 5. The van der Waals surface area contributed by atoms with Crippen LogP contribution >= 0.6 is 11.6 Å². The Kier molecular flexibility index (Phi) is 4.74. The third-order valence-corrected chi connectivity index (χ3v) is 3.42. The molecule has 0 aliphatic rings. The van der Waals surface area contributed by atoms with Crippen molar-refractivity contribution in [3.8, 4) is 0 Å². The molecule has 0 aliphatic heterocycles. The van der Waals surface area contributed by atoms with Gasteiger partial charge < -0.3 is 0 Å². The summed E-state index contributed by atoms with van der Waals surface area (Å²) in [5.41, 5.74) is 1.17. The number of nitro groups is 1. The van der Waals surface area contributed by atoms with Gasteiger partial charge in [0.15, 0.2) is 0 Å². The van der Waals surface area contributed by atoms with Crippen molar-refractivity contribution >= 4 is 17.3 Å². The molecule has 0 bridgehead atoms. The number of alkyl halides is 1. The molecule has 2 atom stereocenters. The zero-order chi connectivity index (χ0) is 12.1. The average Bonchev–Trinajstić information content (AvgIpc) is 2.28. The standard InChI is InChI=1S/C12H16ClNO2/c1-3-9(2)12(13)8-10-4-6-11(7-5-10)14(15)16/h4-7,9,12H,3,8H2,1-2H3. The number of nitro benzene ring substituents is 1. The van der Waals surface area contributed by atoms with Crippen molar-refractivity contribution in [2.45, 2.75) is 32.1 Å². The minimum Gasteiger partial charge on any atom is -0.258 e. The van der Waals surface area contributed by atoms with E-state index in [2.05, 4.69) is 13.8 Å². The molecule has 1 aromatic rings. The van der Waals surface area contributed by atoms with E-state index < -0.39 is 4.92 Å². The van der Waals surface area contributed by atoms with Gasteiger partial charge in [-0.15, -0.1) is 11.6 Å². The summed E-state index contributed by atoms with van der Waals surface area (Å²) in [4.78, 5) is 10.1. The average molecular weight is 242 g/mol. The first kappa shape index (κ1) is 13.0. The fourth-order valence-electron chi connectivity index (χ4n) is 1.44. The summed E-state index contributed by atoms with van der Waals surface area (Å²) in [6, 6.07) is 6.59. The van der Waals surface area contributed by atoms with E-state index in [9.17, 15) is 10.1 Å². The summed E-state index contributed by atoms with van der Waals surface area (Å²) in [5.74, 6) is 0.455. The van der Waals surface area contributed by atoms with Gasteiger partial charge in [0.1, 0.15) is 0 Å². The Bertz CT molecular complexity index is 351. The number of nitrogens with zero attached hydrogens (tertiary/aromatic N) is 1. The summed E-state index contributed by atoms with van der Waals surface area (Å²) in [6.07, 6.45) is 1.80. The zero-order valence-electron chi connectivity index (χ0n) is 9.52. The van der Waals surface area contributed by atoms with Crippen LogP contribution in [0.25, 0.3) is 0 Å². The number of halogens is 1. The van der Waals surface area contributed by atoms with Crippen LogP contribution in [-0.4, -0.2) is 10.3 Å². The van der Waals surface area contributed by atoms with Crippen molar-refractivity contribution in [1.29, 1.82) is 0 Å². The van der Waals surface area contributed by atoms with Gasteiger partial charge in [-0.05, 0) is 17.9 Å². The Morgan fingerprint density at radius 3 is 2.38 bits per heavy atom. The lowest BCUT2D eigenvalue weighted by molar-refractivity contribution is -0.384. The van der Waals surface area contributed by atoms with E-state index in [1.165, 1.54) is 12.1 Å². The van der Waals surface area contributed by atoms with E-state index in [4.69, 9.17) is 11.6 Å². The van der Waals surface area contributed by atoms with E-state index in [1.807, 2.05) is 0 Å². The van der Waals surface area contributed by atoms with Crippen LogP contribution in [-0.2, 0) is 6.42 Å². The van der Waals surface area contributed by atoms with Crippen molar-refractivity contribution in [1.82, 2.24) is 0 Å². The lowest BCUT2D eigenvalue weighted by atomic mass is 9.98. The second-order valence-electron chi connectivity index (χ2n) is 4.03. The lowest BCUT2D eigenvalue weighted by Gasteiger charge is -2.15. The second-order valence-corrected chi connectivity index (χ2v) is 4.59. The Balaban J connectivity index is 2.65. The third kappa shape index (κ3) is 3.49. The molecule has 0 N–H and O–H groups in total. The Hall–Kier alpha value is -1.09. The third-order valence-electron chi connectivity index (χ3n) is 2.84. The molecule has 0 radical (unpaired) electrons. The number of hydrogen-bond acceptors (Lipinski definition) is 2. The Labute approximate surface area is 101 Å². The van der Waals surface area contributed by atoms with Crippen LogP contribution in [0.5, 0.6) is 0 Å². The summed E-state index contributed by atoms with van der Waals surface area (Å²) in [5, 5.41) is 10.6. The van der Waals surface area contributed by atoms with Crippen molar-refractivity contribution in [3.63, 3.8) is 0 Å². The van der Waals surface area contributed by atoms with Gasteiger partial charge >= 0.3 is 0 Å². The highest BCUT2D eigenvalue weighted by atomic mass is 35.5. The first-order valence-electron chi connectivity index (χ1n) is 5.42. The normalized spacial score (nSPS) is 14.4. The number of benzene rings is 1. The van der Waals surface area contributed by atoms with Crippen molar-refractivity contribution in [2.24, 2.45) is 5.92 Å². The molecule has 2 unspecified atom stereocenters. The molecule has 4 heteroatoms. The number of hydrogen-bond donors (Lipinski definition) is 0. The molecule has 0 aromatic heterocycles. The lowest BCUT2D eigenvalue weighted by Crippen LogP contribution is -2.13. The van der Waals surface area contributed by atoms with Crippen molar-refractivity contribution in [2.75, 3.05) is 0 Å². The molecule has 0 heterocycles. The van der Waals surface area contributed by atoms with Crippen LogP contribution in [0.1, 0.15) is 25.8 Å². The van der Waals surface area contributed by atoms with Crippen molar-refractivity contribution < 1.29 is 4.92 Å². The molecule has 1 rings (SSSR count). The maximum absolute atomic E-state index is 10.5. The molecule has 1 aromatic carbocycles. The molecular weight excluding hydrogens is 226 g/mol. The van der Waals surface area contributed by atoms with Crippen LogP contribution in [0.4, 0.5) is 5.69 Å². The molecule has 3 nitrogen and oxygen atoms in total. The molecule has 0 spiro atoms. The quantitative estimate of drug-likeness (QED) is 0.447. The van der Waals surface area contributed by atoms with Crippen LogP contribution in [0.2, 0.25) is 0 Å². The van der Waals surface area contributed by atoms with E-state index in [0.717, 1.165) is 18.4 Å². The second kappa shape index (κ2) is 5.85. The van der Waals surface area contributed by atoms with Crippen LogP contribution < -0.4 is 0 Å². The van der Waals surface area contributed by atoms with Crippen LogP contribution in [0.15, 0.2) is 24.3 Å². The highest BCUT2D eigenvalue weighted by molar-refractivity contribution is 6.20. The summed E-state index contributed by atoms with van der Waals surface area (Å²) in [6.45, 7) is 4.22. The van der Waals surface area contributed by atoms with Gasteiger partial charge in [-0.3, -0.25) is 10.1 Å². The summed E-state index contributed by atoms with van der Waals surface area (Å²) in [7, 11) is 0. The molecule has 0 fully saturated rings. The Morgan fingerprint density at radius 1 is 1.38 bits per heavy atom. The predicted molar refractivity (Wildman–Crippen MR) is 65.9 cm³/mol.